The highest BCUT2D eigenvalue weighted by Crippen LogP contribution is 2.30. The lowest BCUT2D eigenvalue weighted by Crippen LogP contribution is -2.35. The molecule has 0 spiro atoms. The van der Waals surface area contributed by atoms with Crippen LogP contribution < -0.4 is 10.6 Å². The van der Waals surface area contributed by atoms with Crippen LogP contribution in [0, 0.1) is 11.5 Å². The summed E-state index contributed by atoms with van der Waals surface area (Å²) in [6.07, 6.45) is 4.79. The number of nitrogens with zero attached hydrogens (tertiary/aromatic N) is 3. The summed E-state index contributed by atoms with van der Waals surface area (Å²) in [5.74, 6) is 0.783. The molecule has 4 nitrogen and oxygen atoms in total. The van der Waals surface area contributed by atoms with E-state index in [1.807, 2.05) is 17.2 Å². The first-order chi connectivity index (χ1) is 8.22. The van der Waals surface area contributed by atoms with Gasteiger partial charge in [-0.05, 0) is 31.0 Å². The molecule has 0 aliphatic carbocycles. The third-order valence-corrected chi connectivity index (χ3v) is 3.09. The Morgan fingerprint density at radius 3 is 2.94 bits per heavy atom. The summed E-state index contributed by atoms with van der Waals surface area (Å²) < 4.78 is 0. The van der Waals surface area contributed by atoms with E-state index in [1.54, 1.807) is 12.1 Å². The quantitative estimate of drug-likeness (QED) is 0.614. The number of piperidine rings is 1. The van der Waals surface area contributed by atoms with Crippen molar-refractivity contribution in [2.24, 2.45) is 4.99 Å². The summed E-state index contributed by atoms with van der Waals surface area (Å²) in [7, 11) is 0. The number of anilines is 2. The summed E-state index contributed by atoms with van der Waals surface area (Å²) in [5, 5.41) is 9.27. The largest absolute Gasteiger partial charge is 0.399 e. The van der Waals surface area contributed by atoms with Crippen LogP contribution in [0.1, 0.15) is 19.3 Å². The van der Waals surface area contributed by atoms with Crippen molar-refractivity contribution in [1.82, 2.24) is 0 Å². The number of benzene rings is 1. The van der Waals surface area contributed by atoms with E-state index < -0.39 is 0 Å². The minimum absolute atomic E-state index is 0.595. The van der Waals surface area contributed by atoms with Crippen LogP contribution in [0.2, 0.25) is 5.02 Å². The summed E-state index contributed by atoms with van der Waals surface area (Å²) in [6, 6.07) is 5.39. The molecule has 0 bridgehead atoms. The molecule has 0 unspecified atom stereocenters. The van der Waals surface area contributed by atoms with Gasteiger partial charge in [-0.2, -0.15) is 10.3 Å². The van der Waals surface area contributed by atoms with Gasteiger partial charge in [0.25, 0.3) is 0 Å². The smallest absolute Gasteiger partial charge is 0.207 e. The zero-order valence-electron chi connectivity index (χ0n) is 9.36. The molecular formula is C12H13ClN4. The van der Waals surface area contributed by atoms with Gasteiger partial charge in [0.1, 0.15) is 5.84 Å². The van der Waals surface area contributed by atoms with Crippen LogP contribution in [0.25, 0.3) is 0 Å². The third kappa shape index (κ3) is 2.51. The fourth-order valence-electron chi connectivity index (χ4n) is 1.99. The molecule has 0 atom stereocenters. The maximum absolute atomic E-state index is 8.68. The van der Waals surface area contributed by atoms with Gasteiger partial charge in [-0.25, -0.2) is 0 Å². The average Bonchev–Trinajstić information content (AvgIpc) is 2.31. The van der Waals surface area contributed by atoms with Crippen LogP contribution >= 0.6 is 11.6 Å². The van der Waals surface area contributed by atoms with Crippen LogP contribution in [-0.2, 0) is 0 Å². The van der Waals surface area contributed by atoms with Crippen LogP contribution in [0.3, 0.4) is 0 Å². The number of nitrogens with two attached hydrogens (primary N) is 1. The maximum atomic E-state index is 8.68. The van der Waals surface area contributed by atoms with Gasteiger partial charge in [0.15, 0.2) is 0 Å². The van der Waals surface area contributed by atoms with E-state index in [9.17, 15) is 0 Å². The van der Waals surface area contributed by atoms with Crippen molar-refractivity contribution >= 4 is 28.8 Å². The first-order valence-corrected chi connectivity index (χ1v) is 5.88. The van der Waals surface area contributed by atoms with Gasteiger partial charge in [-0.1, -0.05) is 11.6 Å². The average molecular weight is 249 g/mol. The standard InChI is InChI=1S/C12H13ClN4/c13-10-7-9(15)4-5-11(10)17-6-2-1-3-12(17)16-8-14/h4-5,7H,1-3,6,15H2. The Kier molecular flexibility index (Phi) is 3.50. The zero-order valence-corrected chi connectivity index (χ0v) is 10.1. The Bertz CT molecular complexity index is 490. The summed E-state index contributed by atoms with van der Waals surface area (Å²) in [5.41, 5.74) is 7.17. The van der Waals surface area contributed by atoms with Gasteiger partial charge in [-0.15, -0.1) is 0 Å². The second-order valence-electron chi connectivity index (χ2n) is 3.95. The molecule has 2 rings (SSSR count). The first-order valence-electron chi connectivity index (χ1n) is 5.50. The predicted molar refractivity (Wildman–Crippen MR) is 70.1 cm³/mol. The van der Waals surface area contributed by atoms with E-state index in [0.29, 0.717) is 10.7 Å². The van der Waals surface area contributed by atoms with Crippen LogP contribution in [0.5, 0.6) is 0 Å². The molecule has 1 aliphatic heterocycles. The molecule has 17 heavy (non-hydrogen) atoms. The highest BCUT2D eigenvalue weighted by Gasteiger charge is 2.20. The molecule has 1 fully saturated rings. The molecular weight excluding hydrogens is 236 g/mol. The molecule has 0 radical (unpaired) electrons. The zero-order chi connectivity index (χ0) is 12.3. The first kappa shape index (κ1) is 11.7. The molecule has 0 amide bonds. The lowest BCUT2D eigenvalue weighted by atomic mass is 10.1. The minimum atomic E-state index is 0.595. The molecule has 1 aromatic rings. The number of hydrogen-bond donors (Lipinski definition) is 1. The monoisotopic (exact) mass is 248 g/mol. The van der Waals surface area contributed by atoms with Crippen LogP contribution in [0.4, 0.5) is 11.4 Å². The number of aliphatic imine (C=N–C) groups is 1. The minimum Gasteiger partial charge on any atom is -0.399 e. The van der Waals surface area contributed by atoms with Crippen molar-refractivity contribution in [1.29, 1.82) is 5.26 Å². The van der Waals surface area contributed by atoms with Crippen molar-refractivity contribution in [3.05, 3.63) is 23.2 Å². The molecule has 5 heteroatoms. The second kappa shape index (κ2) is 5.07. The van der Waals surface area contributed by atoms with Gasteiger partial charge in [0.2, 0.25) is 6.19 Å². The fourth-order valence-corrected chi connectivity index (χ4v) is 2.28. The summed E-state index contributed by atoms with van der Waals surface area (Å²) >= 11 is 6.17. The maximum Gasteiger partial charge on any atom is 0.207 e. The molecule has 1 aliphatic rings. The number of rotatable bonds is 1. The van der Waals surface area contributed by atoms with E-state index in [2.05, 4.69) is 4.99 Å². The van der Waals surface area contributed by atoms with E-state index in [-0.39, 0.29) is 0 Å². The van der Waals surface area contributed by atoms with E-state index >= 15 is 0 Å². The van der Waals surface area contributed by atoms with Crippen molar-refractivity contribution < 1.29 is 0 Å². The Morgan fingerprint density at radius 1 is 1.41 bits per heavy atom. The Hall–Kier alpha value is -1.73. The van der Waals surface area contributed by atoms with Gasteiger partial charge in [0, 0.05) is 18.7 Å². The van der Waals surface area contributed by atoms with Crippen LogP contribution in [0.15, 0.2) is 23.2 Å². The number of halogens is 1. The topological polar surface area (TPSA) is 65.4 Å². The molecule has 0 aromatic heterocycles. The van der Waals surface area contributed by atoms with Crippen molar-refractivity contribution in [2.45, 2.75) is 19.3 Å². The summed E-state index contributed by atoms with van der Waals surface area (Å²) in [4.78, 5) is 5.86. The number of hydrogen-bond acceptors (Lipinski definition) is 3. The Balaban J connectivity index is 2.37. The molecule has 2 N–H and O–H groups in total. The Morgan fingerprint density at radius 2 is 2.24 bits per heavy atom. The lowest BCUT2D eigenvalue weighted by Gasteiger charge is -2.30. The van der Waals surface area contributed by atoms with Crippen molar-refractivity contribution in [3.8, 4) is 6.19 Å². The molecule has 88 valence electrons. The number of nitrogen functional groups attached to an aromatic ring is 1. The molecule has 1 aromatic carbocycles. The summed E-state index contributed by atoms with van der Waals surface area (Å²) in [6.45, 7) is 0.837. The highest BCUT2D eigenvalue weighted by atomic mass is 35.5. The van der Waals surface area contributed by atoms with Crippen molar-refractivity contribution in [3.63, 3.8) is 0 Å². The SMILES string of the molecule is N#CN=C1CCCCN1c1ccc(N)cc1Cl. The van der Waals surface area contributed by atoms with E-state index in [4.69, 9.17) is 22.6 Å². The Labute approximate surface area is 105 Å². The van der Waals surface area contributed by atoms with Gasteiger partial charge in [-0.3, -0.25) is 0 Å². The number of amidine groups is 1. The van der Waals surface area contributed by atoms with Crippen molar-refractivity contribution in [2.75, 3.05) is 17.2 Å². The molecule has 1 heterocycles. The molecule has 1 saturated heterocycles. The van der Waals surface area contributed by atoms with E-state index in [0.717, 1.165) is 37.3 Å². The van der Waals surface area contributed by atoms with E-state index in [1.165, 1.54) is 0 Å². The van der Waals surface area contributed by atoms with Gasteiger partial charge >= 0.3 is 0 Å². The highest BCUT2D eigenvalue weighted by molar-refractivity contribution is 6.34. The molecule has 0 saturated carbocycles. The fraction of sp³-hybridized carbons (Fsp3) is 0.333. The predicted octanol–water partition coefficient (Wildman–Crippen LogP) is 2.79. The second-order valence-corrected chi connectivity index (χ2v) is 4.35. The normalized spacial score (nSPS) is 18.1. The third-order valence-electron chi connectivity index (χ3n) is 2.79. The van der Waals surface area contributed by atoms with Gasteiger partial charge in [0.05, 0.1) is 10.7 Å². The van der Waals surface area contributed by atoms with Gasteiger partial charge < -0.3 is 10.6 Å². The lowest BCUT2D eigenvalue weighted by molar-refractivity contribution is 0.711. The number of nitriles is 1. The van der Waals surface area contributed by atoms with Crippen LogP contribution in [-0.4, -0.2) is 12.4 Å².